The molecule has 3 rings (SSSR count). The van der Waals surface area contributed by atoms with Gasteiger partial charge in [0.25, 0.3) is 0 Å². The van der Waals surface area contributed by atoms with Crippen molar-refractivity contribution in [1.29, 1.82) is 0 Å². The highest BCUT2D eigenvalue weighted by Gasteiger charge is 2.07. The molecule has 0 fully saturated rings. The maximum absolute atomic E-state index is 12.1. The number of thiazole rings is 1. The number of methoxy groups -OCH3 is 1. The van der Waals surface area contributed by atoms with E-state index in [4.69, 9.17) is 27.9 Å². The first-order valence-corrected chi connectivity index (χ1v) is 9.23. The van der Waals surface area contributed by atoms with Gasteiger partial charge in [-0.05, 0) is 48.0 Å². The van der Waals surface area contributed by atoms with Crippen molar-refractivity contribution >= 4 is 51.7 Å². The van der Waals surface area contributed by atoms with Crippen LogP contribution in [0.15, 0.2) is 53.9 Å². The SMILES string of the molecule is COc1ccc(-c2csc(NC(=O)C=Cc3ccc(Cl)c(Cl)c3)n2)cc1. The number of rotatable bonds is 5. The lowest BCUT2D eigenvalue weighted by Crippen LogP contribution is -2.07. The van der Waals surface area contributed by atoms with Crippen molar-refractivity contribution in [2.75, 3.05) is 12.4 Å². The predicted molar refractivity (Wildman–Crippen MR) is 108 cm³/mol. The van der Waals surface area contributed by atoms with Crippen LogP contribution < -0.4 is 10.1 Å². The topological polar surface area (TPSA) is 51.2 Å². The third-order valence-corrected chi connectivity index (χ3v) is 4.99. The molecule has 0 unspecified atom stereocenters. The number of hydrogen-bond donors (Lipinski definition) is 1. The molecule has 0 saturated heterocycles. The molecule has 4 nitrogen and oxygen atoms in total. The summed E-state index contributed by atoms with van der Waals surface area (Å²) < 4.78 is 5.14. The van der Waals surface area contributed by atoms with Crippen molar-refractivity contribution in [1.82, 2.24) is 4.98 Å². The monoisotopic (exact) mass is 404 g/mol. The van der Waals surface area contributed by atoms with Crippen LogP contribution in [0.25, 0.3) is 17.3 Å². The highest BCUT2D eigenvalue weighted by atomic mass is 35.5. The molecule has 0 bridgehead atoms. The number of anilines is 1. The molecule has 0 saturated carbocycles. The van der Waals surface area contributed by atoms with E-state index in [1.165, 1.54) is 17.4 Å². The molecule has 0 atom stereocenters. The minimum atomic E-state index is -0.272. The van der Waals surface area contributed by atoms with E-state index in [9.17, 15) is 4.79 Å². The first-order chi connectivity index (χ1) is 12.5. The van der Waals surface area contributed by atoms with Crippen molar-refractivity contribution in [3.63, 3.8) is 0 Å². The highest BCUT2D eigenvalue weighted by molar-refractivity contribution is 7.14. The van der Waals surface area contributed by atoms with Crippen LogP contribution in [-0.4, -0.2) is 18.0 Å². The quantitative estimate of drug-likeness (QED) is 0.548. The molecular formula is C19H14Cl2N2O2S. The number of benzene rings is 2. The van der Waals surface area contributed by atoms with E-state index in [1.807, 2.05) is 29.6 Å². The molecular weight excluding hydrogens is 391 g/mol. The molecule has 1 amide bonds. The molecule has 3 aromatic rings. The number of hydrogen-bond acceptors (Lipinski definition) is 4. The molecule has 26 heavy (non-hydrogen) atoms. The molecule has 0 aliphatic rings. The summed E-state index contributed by atoms with van der Waals surface area (Å²) in [4.78, 5) is 16.5. The Morgan fingerprint density at radius 3 is 2.62 bits per heavy atom. The van der Waals surface area contributed by atoms with Crippen molar-refractivity contribution in [2.24, 2.45) is 0 Å². The maximum atomic E-state index is 12.1. The van der Waals surface area contributed by atoms with Crippen LogP contribution in [0.4, 0.5) is 5.13 Å². The zero-order valence-electron chi connectivity index (χ0n) is 13.7. The Bertz CT molecular complexity index is 952. The normalized spacial score (nSPS) is 10.9. The van der Waals surface area contributed by atoms with Gasteiger partial charge in [-0.3, -0.25) is 10.1 Å². The summed E-state index contributed by atoms with van der Waals surface area (Å²) >= 11 is 13.2. The summed E-state index contributed by atoms with van der Waals surface area (Å²) in [6, 6.07) is 12.7. The molecule has 0 aliphatic heterocycles. The van der Waals surface area contributed by atoms with E-state index < -0.39 is 0 Å². The number of carbonyl (C=O) groups excluding carboxylic acids is 1. The Kier molecular flexibility index (Phi) is 5.93. The van der Waals surface area contributed by atoms with E-state index in [2.05, 4.69) is 10.3 Å². The number of carbonyl (C=O) groups is 1. The lowest BCUT2D eigenvalue weighted by atomic mass is 10.2. The van der Waals surface area contributed by atoms with Crippen LogP contribution in [-0.2, 0) is 4.79 Å². The fourth-order valence-corrected chi connectivity index (χ4v) is 3.19. The van der Waals surface area contributed by atoms with Crippen molar-refractivity contribution in [3.8, 4) is 17.0 Å². The first-order valence-electron chi connectivity index (χ1n) is 7.59. The second-order valence-corrected chi connectivity index (χ2v) is 6.94. The van der Waals surface area contributed by atoms with Crippen LogP contribution in [0.3, 0.4) is 0 Å². The van der Waals surface area contributed by atoms with Gasteiger partial charge in [-0.2, -0.15) is 0 Å². The molecule has 2 aromatic carbocycles. The van der Waals surface area contributed by atoms with E-state index >= 15 is 0 Å². The van der Waals surface area contributed by atoms with Gasteiger partial charge in [-0.25, -0.2) is 4.98 Å². The van der Waals surface area contributed by atoms with Gasteiger partial charge < -0.3 is 4.74 Å². The Morgan fingerprint density at radius 2 is 1.92 bits per heavy atom. The van der Waals surface area contributed by atoms with E-state index in [1.54, 1.807) is 31.4 Å². The van der Waals surface area contributed by atoms with Gasteiger partial charge >= 0.3 is 0 Å². The van der Waals surface area contributed by atoms with Crippen LogP contribution in [0.2, 0.25) is 10.0 Å². The number of amides is 1. The molecule has 1 aromatic heterocycles. The molecule has 132 valence electrons. The summed E-state index contributed by atoms with van der Waals surface area (Å²) in [5.74, 6) is 0.511. The van der Waals surface area contributed by atoms with Crippen molar-refractivity contribution in [2.45, 2.75) is 0 Å². The Balaban J connectivity index is 1.65. The lowest BCUT2D eigenvalue weighted by Gasteiger charge is -2.00. The number of aromatic nitrogens is 1. The maximum Gasteiger partial charge on any atom is 0.250 e. The molecule has 0 aliphatic carbocycles. The zero-order chi connectivity index (χ0) is 18.5. The standard InChI is InChI=1S/C19H14Cl2N2O2S/c1-25-14-6-4-13(5-7-14)17-11-26-19(22-17)23-18(24)9-3-12-2-8-15(20)16(21)10-12/h2-11H,1H3,(H,22,23,24). The minimum absolute atomic E-state index is 0.272. The predicted octanol–water partition coefficient (Wildman–Crippen LogP) is 5.78. The van der Waals surface area contributed by atoms with Crippen LogP contribution in [0.5, 0.6) is 5.75 Å². The molecule has 1 N–H and O–H groups in total. The van der Waals surface area contributed by atoms with Gasteiger partial charge in [0, 0.05) is 17.0 Å². The summed E-state index contributed by atoms with van der Waals surface area (Å²) in [5.41, 5.74) is 2.53. The number of ether oxygens (including phenoxy) is 1. The van der Waals surface area contributed by atoms with E-state index in [0.29, 0.717) is 15.2 Å². The molecule has 0 radical (unpaired) electrons. The van der Waals surface area contributed by atoms with Crippen LogP contribution >= 0.6 is 34.5 Å². The number of nitrogens with zero attached hydrogens (tertiary/aromatic N) is 1. The van der Waals surface area contributed by atoms with Crippen molar-refractivity contribution < 1.29 is 9.53 Å². The summed E-state index contributed by atoms with van der Waals surface area (Å²) in [5, 5.41) is 6.08. The van der Waals surface area contributed by atoms with Gasteiger partial charge in [0.05, 0.1) is 22.8 Å². The minimum Gasteiger partial charge on any atom is -0.497 e. The van der Waals surface area contributed by atoms with Crippen LogP contribution in [0, 0.1) is 0 Å². The second-order valence-electron chi connectivity index (χ2n) is 5.26. The third kappa shape index (κ3) is 4.64. The molecule has 0 spiro atoms. The highest BCUT2D eigenvalue weighted by Crippen LogP contribution is 2.26. The second kappa shape index (κ2) is 8.36. The van der Waals surface area contributed by atoms with Gasteiger partial charge in [0.2, 0.25) is 5.91 Å². The van der Waals surface area contributed by atoms with Gasteiger partial charge in [-0.15, -0.1) is 11.3 Å². The van der Waals surface area contributed by atoms with Gasteiger partial charge in [0.1, 0.15) is 5.75 Å². The summed E-state index contributed by atoms with van der Waals surface area (Å²) in [6.07, 6.45) is 3.09. The largest absolute Gasteiger partial charge is 0.497 e. The third-order valence-electron chi connectivity index (χ3n) is 3.49. The Labute approximate surface area is 165 Å². The Morgan fingerprint density at radius 1 is 1.15 bits per heavy atom. The molecule has 1 heterocycles. The number of halogens is 2. The average Bonchev–Trinajstić information content (AvgIpc) is 3.11. The Hall–Kier alpha value is -2.34. The number of nitrogens with one attached hydrogen (secondary N) is 1. The summed E-state index contributed by atoms with van der Waals surface area (Å²) in [6.45, 7) is 0. The first kappa shape index (κ1) is 18.5. The van der Waals surface area contributed by atoms with Crippen LogP contribution in [0.1, 0.15) is 5.56 Å². The average molecular weight is 405 g/mol. The smallest absolute Gasteiger partial charge is 0.250 e. The lowest BCUT2D eigenvalue weighted by molar-refractivity contribution is -0.111. The fraction of sp³-hybridized carbons (Fsp3) is 0.0526. The molecule has 7 heteroatoms. The van der Waals surface area contributed by atoms with Crippen molar-refractivity contribution in [3.05, 3.63) is 69.5 Å². The van der Waals surface area contributed by atoms with Gasteiger partial charge in [-0.1, -0.05) is 29.3 Å². The van der Waals surface area contributed by atoms with E-state index in [0.717, 1.165) is 22.6 Å². The van der Waals surface area contributed by atoms with Gasteiger partial charge in [0.15, 0.2) is 5.13 Å². The zero-order valence-corrected chi connectivity index (χ0v) is 16.0. The van der Waals surface area contributed by atoms with E-state index in [-0.39, 0.29) is 5.91 Å². The summed E-state index contributed by atoms with van der Waals surface area (Å²) in [7, 11) is 1.62. The fourth-order valence-electron chi connectivity index (χ4n) is 2.16.